The van der Waals surface area contributed by atoms with E-state index in [0.29, 0.717) is 6.42 Å². The molecule has 1 aromatic rings. The molecule has 104 valence electrons. The lowest BCUT2D eigenvalue weighted by Gasteiger charge is -2.20. The summed E-state index contributed by atoms with van der Waals surface area (Å²) in [6.07, 6.45) is 2.02. The van der Waals surface area contributed by atoms with Gasteiger partial charge >= 0.3 is 0 Å². The van der Waals surface area contributed by atoms with E-state index in [1.54, 1.807) is 26.0 Å². The normalized spacial score (nSPS) is 12.6. The standard InChI is InChI=1S/C14H19NO3S/c1-4-14(2,3)13(16)15-19(17,18)11-10-12-8-6-5-7-9-12/h5-11H,4H2,1-3H3,(H,15,16)/b11-10+. The van der Waals surface area contributed by atoms with Crippen molar-refractivity contribution in [3.63, 3.8) is 0 Å². The number of carbonyl (C=O) groups excluding carboxylic acids is 1. The molecule has 0 atom stereocenters. The maximum Gasteiger partial charge on any atom is 0.257 e. The van der Waals surface area contributed by atoms with Gasteiger partial charge in [-0.3, -0.25) is 4.79 Å². The molecule has 1 rings (SSSR count). The SMILES string of the molecule is CCC(C)(C)C(=O)NS(=O)(=O)/C=C/c1ccccc1. The summed E-state index contributed by atoms with van der Waals surface area (Å²) in [7, 11) is -3.75. The molecule has 1 N–H and O–H groups in total. The zero-order valence-electron chi connectivity index (χ0n) is 11.4. The van der Waals surface area contributed by atoms with Crippen LogP contribution in [-0.2, 0) is 14.8 Å². The van der Waals surface area contributed by atoms with Crippen LogP contribution in [0.2, 0.25) is 0 Å². The summed E-state index contributed by atoms with van der Waals surface area (Å²) in [6.45, 7) is 5.25. The van der Waals surface area contributed by atoms with Crippen LogP contribution in [0.5, 0.6) is 0 Å². The molecule has 1 amide bonds. The van der Waals surface area contributed by atoms with E-state index in [9.17, 15) is 13.2 Å². The van der Waals surface area contributed by atoms with Gasteiger partial charge in [-0.15, -0.1) is 0 Å². The highest BCUT2D eigenvalue weighted by Crippen LogP contribution is 2.19. The van der Waals surface area contributed by atoms with Crippen molar-refractivity contribution in [3.8, 4) is 0 Å². The summed E-state index contributed by atoms with van der Waals surface area (Å²) >= 11 is 0. The maximum absolute atomic E-state index is 11.8. The van der Waals surface area contributed by atoms with Crippen molar-refractivity contribution >= 4 is 22.0 Å². The second-order valence-corrected chi connectivity index (χ2v) is 6.49. The van der Waals surface area contributed by atoms with E-state index >= 15 is 0 Å². The summed E-state index contributed by atoms with van der Waals surface area (Å²) in [5.74, 6) is -0.493. The van der Waals surface area contributed by atoms with Crippen LogP contribution in [0.1, 0.15) is 32.8 Å². The second-order valence-electron chi connectivity index (χ2n) is 4.93. The molecule has 0 saturated heterocycles. The van der Waals surface area contributed by atoms with Crippen LogP contribution in [-0.4, -0.2) is 14.3 Å². The van der Waals surface area contributed by atoms with E-state index in [1.807, 2.05) is 25.1 Å². The molecule has 0 saturated carbocycles. The molecule has 0 unspecified atom stereocenters. The Balaban J connectivity index is 2.78. The highest BCUT2D eigenvalue weighted by molar-refractivity contribution is 7.93. The molecule has 4 nitrogen and oxygen atoms in total. The van der Waals surface area contributed by atoms with E-state index in [1.165, 1.54) is 6.08 Å². The topological polar surface area (TPSA) is 63.2 Å². The highest BCUT2D eigenvalue weighted by atomic mass is 32.2. The van der Waals surface area contributed by atoms with E-state index in [4.69, 9.17) is 0 Å². The van der Waals surface area contributed by atoms with Crippen molar-refractivity contribution in [2.24, 2.45) is 5.41 Å². The van der Waals surface area contributed by atoms with Crippen LogP contribution in [0.4, 0.5) is 0 Å². The Morgan fingerprint density at radius 1 is 1.26 bits per heavy atom. The first kappa shape index (κ1) is 15.4. The molecule has 19 heavy (non-hydrogen) atoms. The van der Waals surface area contributed by atoms with E-state index < -0.39 is 21.3 Å². The minimum atomic E-state index is -3.75. The summed E-state index contributed by atoms with van der Waals surface area (Å²) in [5, 5.41) is 1.01. The lowest BCUT2D eigenvalue weighted by Crippen LogP contribution is -2.39. The van der Waals surface area contributed by atoms with Crippen LogP contribution < -0.4 is 4.72 Å². The predicted molar refractivity (Wildman–Crippen MR) is 76.6 cm³/mol. The minimum Gasteiger partial charge on any atom is -0.273 e. The lowest BCUT2D eigenvalue weighted by molar-refractivity contribution is -0.127. The Labute approximate surface area is 114 Å². The smallest absolute Gasteiger partial charge is 0.257 e. The Kier molecular flexibility index (Phi) is 4.89. The van der Waals surface area contributed by atoms with Crippen LogP contribution in [0.25, 0.3) is 6.08 Å². The Morgan fingerprint density at radius 2 is 1.84 bits per heavy atom. The van der Waals surface area contributed by atoms with Gasteiger partial charge in [0.2, 0.25) is 5.91 Å². The molecule has 0 spiro atoms. The maximum atomic E-state index is 11.8. The summed E-state index contributed by atoms with van der Waals surface area (Å²) in [6, 6.07) is 9.03. The monoisotopic (exact) mass is 281 g/mol. The van der Waals surface area contributed by atoms with Crippen molar-refractivity contribution in [3.05, 3.63) is 41.3 Å². The number of sulfonamides is 1. The molecule has 0 aliphatic carbocycles. The van der Waals surface area contributed by atoms with Crippen LogP contribution in [0, 0.1) is 5.41 Å². The van der Waals surface area contributed by atoms with E-state index in [2.05, 4.69) is 4.72 Å². The first-order valence-electron chi connectivity index (χ1n) is 6.07. The Hall–Kier alpha value is -1.62. The van der Waals surface area contributed by atoms with Crippen molar-refractivity contribution < 1.29 is 13.2 Å². The number of hydrogen-bond acceptors (Lipinski definition) is 3. The highest BCUT2D eigenvalue weighted by Gasteiger charge is 2.27. The fraction of sp³-hybridized carbons (Fsp3) is 0.357. The van der Waals surface area contributed by atoms with E-state index in [0.717, 1.165) is 11.0 Å². The average Bonchev–Trinajstić information content (AvgIpc) is 2.37. The van der Waals surface area contributed by atoms with Crippen LogP contribution in [0.3, 0.4) is 0 Å². The second kappa shape index (κ2) is 6.02. The molecule has 0 aliphatic rings. The first-order valence-corrected chi connectivity index (χ1v) is 7.62. The molecule has 0 fully saturated rings. The van der Waals surface area contributed by atoms with Crippen molar-refractivity contribution in [1.82, 2.24) is 4.72 Å². The zero-order chi connectivity index (χ0) is 14.5. The fourth-order valence-corrected chi connectivity index (χ4v) is 2.13. The summed E-state index contributed by atoms with van der Waals surface area (Å²) in [5.41, 5.74) is 0.0586. The zero-order valence-corrected chi connectivity index (χ0v) is 12.2. The van der Waals surface area contributed by atoms with Gasteiger partial charge in [-0.05, 0) is 18.1 Å². The Morgan fingerprint density at radius 3 is 2.37 bits per heavy atom. The van der Waals surface area contributed by atoms with Crippen molar-refractivity contribution in [2.75, 3.05) is 0 Å². The molecule has 0 heterocycles. The average molecular weight is 281 g/mol. The number of benzene rings is 1. The van der Waals surface area contributed by atoms with Crippen LogP contribution >= 0.6 is 0 Å². The van der Waals surface area contributed by atoms with Gasteiger partial charge in [0.1, 0.15) is 0 Å². The van der Waals surface area contributed by atoms with Crippen molar-refractivity contribution in [2.45, 2.75) is 27.2 Å². The fourth-order valence-electron chi connectivity index (χ4n) is 1.19. The third-order valence-corrected chi connectivity index (χ3v) is 3.94. The molecular formula is C14H19NO3S. The summed E-state index contributed by atoms with van der Waals surface area (Å²) < 4.78 is 25.6. The number of amides is 1. The van der Waals surface area contributed by atoms with Gasteiger partial charge in [0.15, 0.2) is 0 Å². The van der Waals surface area contributed by atoms with Gasteiger partial charge in [0.25, 0.3) is 10.0 Å². The number of hydrogen-bond donors (Lipinski definition) is 1. The Bertz CT molecular complexity index is 560. The lowest BCUT2D eigenvalue weighted by atomic mass is 9.90. The van der Waals surface area contributed by atoms with Gasteiger partial charge in [0.05, 0.1) is 5.41 Å². The summed E-state index contributed by atoms with van der Waals surface area (Å²) in [4.78, 5) is 11.8. The third kappa shape index (κ3) is 4.87. The molecule has 0 aliphatic heterocycles. The minimum absolute atomic E-state index is 0.493. The van der Waals surface area contributed by atoms with Gasteiger partial charge < -0.3 is 0 Å². The number of nitrogens with one attached hydrogen (secondary N) is 1. The molecule has 5 heteroatoms. The van der Waals surface area contributed by atoms with Crippen LogP contribution in [0.15, 0.2) is 35.7 Å². The molecule has 1 aromatic carbocycles. The largest absolute Gasteiger partial charge is 0.273 e. The molecule has 0 aromatic heterocycles. The van der Waals surface area contributed by atoms with Gasteiger partial charge in [-0.2, -0.15) is 0 Å². The first-order chi connectivity index (χ1) is 8.77. The molecule has 0 bridgehead atoms. The quantitative estimate of drug-likeness (QED) is 0.902. The van der Waals surface area contributed by atoms with Gasteiger partial charge in [0, 0.05) is 5.41 Å². The van der Waals surface area contributed by atoms with E-state index in [-0.39, 0.29) is 0 Å². The van der Waals surface area contributed by atoms with Gasteiger partial charge in [-0.25, -0.2) is 13.1 Å². The third-order valence-electron chi connectivity index (χ3n) is 2.97. The predicted octanol–water partition coefficient (Wildman–Crippen LogP) is 2.54. The molecular weight excluding hydrogens is 262 g/mol. The van der Waals surface area contributed by atoms with Crippen molar-refractivity contribution in [1.29, 1.82) is 0 Å². The number of rotatable bonds is 5. The number of carbonyl (C=O) groups is 1. The van der Waals surface area contributed by atoms with Gasteiger partial charge in [-0.1, -0.05) is 51.1 Å². The molecule has 0 radical (unpaired) electrons.